The molecule has 0 radical (unpaired) electrons. The van der Waals surface area contributed by atoms with Gasteiger partial charge < -0.3 is 0 Å². The maximum absolute atomic E-state index is 13.7. The normalized spacial score (nSPS) is 16.2. The number of nitrogens with zero attached hydrogens (tertiary/aromatic N) is 1. The van der Waals surface area contributed by atoms with Crippen molar-refractivity contribution < 1.29 is 17.6 Å². The second-order valence-electron chi connectivity index (χ2n) is 6.84. The van der Waals surface area contributed by atoms with Gasteiger partial charge in [0.25, 0.3) is 0 Å². The van der Waals surface area contributed by atoms with Crippen LogP contribution >= 0.6 is 31.9 Å². The molecule has 0 unspecified atom stereocenters. The van der Waals surface area contributed by atoms with Crippen LogP contribution in [0, 0.1) is 11.7 Å². The zero-order valence-electron chi connectivity index (χ0n) is 15.1. The third-order valence-electron chi connectivity index (χ3n) is 4.98. The largest absolute Gasteiger partial charge is 0.299 e. The highest BCUT2D eigenvalue weighted by Crippen LogP contribution is 2.29. The van der Waals surface area contributed by atoms with E-state index in [-0.39, 0.29) is 28.8 Å². The summed E-state index contributed by atoms with van der Waals surface area (Å²) in [5.41, 5.74) is 0.538. The van der Waals surface area contributed by atoms with Gasteiger partial charge in [-0.25, -0.2) is 12.8 Å². The van der Waals surface area contributed by atoms with Gasteiger partial charge in [0.2, 0.25) is 10.0 Å². The SMILES string of the molecule is O=C(CCc1ccccc1F)C1CCN(S(=O)(=O)c2cc(Br)cc(Br)c2)CC1. The van der Waals surface area contributed by atoms with Crippen molar-refractivity contribution in [2.75, 3.05) is 13.1 Å². The van der Waals surface area contributed by atoms with E-state index in [2.05, 4.69) is 31.9 Å². The first-order valence-corrected chi connectivity index (χ1v) is 12.0. The first-order chi connectivity index (χ1) is 13.3. The van der Waals surface area contributed by atoms with E-state index in [1.165, 1.54) is 10.4 Å². The maximum atomic E-state index is 13.7. The molecule has 0 atom stereocenters. The highest BCUT2D eigenvalue weighted by molar-refractivity contribution is 9.11. The molecule has 0 amide bonds. The van der Waals surface area contributed by atoms with Crippen molar-refractivity contribution in [3.8, 4) is 0 Å². The molecule has 0 aliphatic carbocycles. The van der Waals surface area contributed by atoms with Crippen LogP contribution in [-0.4, -0.2) is 31.6 Å². The fraction of sp³-hybridized carbons (Fsp3) is 0.350. The second kappa shape index (κ2) is 9.15. The van der Waals surface area contributed by atoms with Gasteiger partial charge in [-0.05, 0) is 49.1 Å². The summed E-state index contributed by atoms with van der Waals surface area (Å²) in [5, 5.41) is 0. The Morgan fingerprint density at radius 3 is 2.29 bits per heavy atom. The van der Waals surface area contributed by atoms with Crippen molar-refractivity contribution in [2.24, 2.45) is 5.92 Å². The first-order valence-electron chi connectivity index (χ1n) is 9.00. The van der Waals surface area contributed by atoms with Crippen LogP contribution in [0.3, 0.4) is 0 Å². The number of piperidine rings is 1. The van der Waals surface area contributed by atoms with Gasteiger partial charge in [-0.1, -0.05) is 50.1 Å². The van der Waals surface area contributed by atoms with Crippen molar-refractivity contribution in [3.63, 3.8) is 0 Å². The Bertz CT molecular complexity index is 953. The van der Waals surface area contributed by atoms with E-state index in [1.54, 1.807) is 36.4 Å². The lowest BCUT2D eigenvalue weighted by Crippen LogP contribution is -2.40. The molecule has 0 spiro atoms. The first kappa shape index (κ1) is 21.6. The number of ketones is 1. The Morgan fingerprint density at radius 2 is 1.68 bits per heavy atom. The summed E-state index contributed by atoms with van der Waals surface area (Å²) in [7, 11) is -3.60. The number of hydrogen-bond donors (Lipinski definition) is 0. The Balaban J connectivity index is 1.59. The van der Waals surface area contributed by atoms with E-state index in [4.69, 9.17) is 0 Å². The molecule has 1 fully saturated rings. The molecule has 1 aliphatic rings. The van der Waals surface area contributed by atoms with E-state index in [0.29, 0.717) is 46.9 Å². The van der Waals surface area contributed by atoms with E-state index in [0.717, 1.165) is 0 Å². The van der Waals surface area contributed by atoms with Crippen LogP contribution in [0.25, 0.3) is 0 Å². The minimum Gasteiger partial charge on any atom is -0.299 e. The van der Waals surface area contributed by atoms with Crippen LogP contribution in [0.4, 0.5) is 4.39 Å². The maximum Gasteiger partial charge on any atom is 0.243 e. The molecule has 0 N–H and O–H groups in total. The standard InChI is InChI=1S/C20H20Br2FNO3S/c21-16-11-17(22)13-18(12-16)28(26,27)24-9-7-15(8-10-24)20(25)6-5-14-3-1-2-4-19(14)23/h1-4,11-13,15H,5-10H2. The zero-order valence-corrected chi connectivity index (χ0v) is 19.1. The molecule has 2 aromatic rings. The van der Waals surface area contributed by atoms with Gasteiger partial charge >= 0.3 is 0 Å². The number of rotatable bonds is 6. The summed E-state index contributed by atoms with van der Waals surface area (Å²) >= 11 is 6.63. The zero-order chi connectivity index (χ0) is 20.3. The van der Waals surface area contributed by atoms with Gasteiger partial charge in [-0.3, -0.25) is 4.79 Å². The van der Waals surface area contributed by atoms with Crippen molar-refractivity contribution in [1.29, 1.82) is 0 Å². The number of aryl methyl sites for hydroxylation is 1. The van der Waals surface area contributed by atoms with Gasteiger partial charge in [-0.15, -0.1) is 0 Å². The number of carbonyl (C=O) groups excluding carboxylic acids is 1. The van der Waals surface area contributed by atoms with Gasteiger partial charge in [-0.2, -0.15) is 4.31 Å². The van der Waals surface area contributed by atoms with Crippen LogP contribution in [-0.2, 0) is 21.2 Å². The predicted octanol–water partition coefficient (Wildman–Crippen LogP) is 4.95. The van der Waals surface area contributed by atoms with E-state index in [1.807, 2.05) is 0 Å². The predicted molar refractivity (Wildman–Crippen MR) is 113 cm³/mol. The van der Waals surface area contributed by atoms with Crippen LogP contribution < -0.4 is 0 Å². The highest BCUT2D eigenvalue weighted by Gasteiger charge is 2.32. The number of carbonyl (C=O) groups is 1. The fourth-order valence-electron chi connectivity index (χ4n) is 3.41. The van der Waals surface area contributed by atoms with E-state index < -0.39 is 10.0 Å². The molecule has 4 nitrogen and oxygen atoms in total. The molecular weight excluding hydrogens is 513 g/mol. The topological polar surface area (TPSA) is 54.5 Å². The van der Waals surface area contributed by atoms with E-state index in [9.17, 15) is 17.6 Å². The highest BCUT2D eigenvalue weighted by atomic mass is 79.9. The Hall–Kier alpha value is -1.09. The minimum absolute atomic E-state index is 0.0745. The average molecular weight is 533 g/mol. The molecule has 0 bridgehead atoms. The molecule has 28 heavy (non-hydrogen) atoms. The number of Topliss-reactive ketones (excluding diaryl/α,β-unsaturated/α-hetero) is 1. The Kier molecular flexibility index (Phi) is 7.07. The lowest BCUT2D eigenvalue weighted by Gasteiger charge is -2.30. The Labute approximate surface area is 181 Å². The van der Waals surface area contributed by atoms with E-state index >= 15 is 0 Å². The second-order valence-corrected chi connectivity index (χ2v) is 10.6. The van der Waals surface area contributed by atoms with Gasteiger partial charge in [0.05, 0.1) is 4.90 Å². The van der Waals surface area contributed by atoms with Gasteiger partial charge in [0, 0.05) is 34.4 Å². The summed E-state index contributed by atoms with van der Waals surface area (Å²) in [4.78, 5) is 12.7. The molecule has 0 saturated carbocycles. The molecule has 150 valence electrons. The number of hydrogen-bond acceptors (Lipinski definition) is 3. The fourth-order valence-corrected chi connectivity index (χ4v) is 6.55. The Morgan fingerprint density at radius 1 is 1.07 bits per heavy atom. The summed E-state index contributed by atoms with van der Waals surface area (Å²) in [6, 6.07) is 11.4. The molecular formula is C20H20Br2FNO3S. The molecule has 1 aliphatic heterocycles. The number of sulfonamides is 1. The molecule has 3 rings (SSSR count). The molecule has 2 aromatic carbocycles. The van der Waals surface area contributed by atoms with Crippen LogP contribution in [0.2, 0.25) is 0 Å². The van der Waals surface area contributed by atoms with Crippen molar-refractivity contribution >= 4 is 47.7 Å². The third kappa shape index (κ3) is 5.09. The van der Waals surface area contributed by atoms with Crippen molar-refractivity contribution in [1.82, 2.24) is 4.31 Å². The van der Waals surface area contributed by atoms with Crippen LogP contribution in [0.5, 0.6) is 0 Å². The third-order valence-corrected chi connectivity index (χ3v) is 7.77. The lowest BCUT2D eigenvalue weighted by molar-refractivity contribution is -0.123. The quantitative estimate of drug-likeness (QED) is 0.528. The number of halogens is 3. The smallest absolute Gasteiger partial charge is 0.243 e. The van der Waals surface area contributed by atoms with Crippen molar-refractivity contribution in [3.05, 3.63) is 62.8 Å². The van der Waals surface area contributed by atoms with Crippen LogP contribution in [0.1, 0.15) is 24.8 Å². The summed E-state index contributed by atoms with van der Waals surface area (Å²) in [6.45, 7) is 0.616. The lowest BCUT2D eigenvalue weighted by atomic mass is 9.90. The van der Waals surface area contributed by atoms with Crippen molar-refractivity contribution in [2.45, 2.75) is 30.6 Å². The summed E-state index contributed by atoms with van der Waals surface area (Å²) < 4.78 is 42.2. The summed E-state index contributed by atoms with van der Waals surface area (Å²) in [6.07, 6.45) is 1.63. The summed E-state index contributed by atoms with van der Waals surface area (Å²) in [5.74, 6) is -0.394. The minimum atomic E-state index is -3.60. The molecule has 1 saturated heterocycles. The average Bonchev–Trinajstić information content (AvgIpc) is 2.66. The molecule has 8 heteroatoms. The van der Waals surface area contributed by atoms with Crippen LogP contribution in [0.15, 0.2) is 56.3 Å². The van der Waals surface area contributed by atoms with Gasteiger partial charge in [0.1, 0.15) is 11.6 Å². The monoisotopic (exact) mass is 531 g/mol. The molecule has 0 aromatic heterocycles. The van der Waals surface area contributed by atoms with Gasteiger partial charge in [0.15, 0.2) is 0 Å². The number of benzene rings is 2. The molecule has 1 heterocycles.